The maximum Gasteiger partial charge on any atom is 1.00 e. The molecule has 0 aliphatic heterocycles. The fourth-order valence-corrected chi connectivity index (χ4v) is 0. The van der Waals surface area contributed by atoms with Crippen molar-refractivity contribution in [2.24, 2.45) is 0 Å². The molecule has 0 aliphatic carbocycles. The summed E-state index contributed by atoms with van der Waals surface area (Å²) in [5, 5.41) is 0. The first-order chi connectivity index (χ1) is 5.12. The van der Waals surface area contributed by atoms with Crippen molar-refractivity contribution in [3.63, 3.8) is 0 Å². The van der Waals surface area contributed by atoms with Gasteiger partial charge in [-0.2, -0.15) is 0 Å². The van der Waals surface area contributed by atoms with Crippen LogP contribution in [0.1, 0.15) is 0 Å². The largest absolute Gasteiger partial charge is 1.00 e. The minimum atomic E-state index is -0.978. The summed E-state index contributed by atoms with van der Waals surface area (Å²) in [5.41, 5.74) is 3.65. The van der Waals surface area contributed by atoms with Crippen LogP contribution >= 0.6 is 0 Å². The van der Waals surface area contributed by atoms with E-state index >= 15 is 0 Å². The van der Waals surface area contributed by atoms with Gasteiger partial charge < -0.3 is 13.2 Å². The minimum Gasteiger partial charge on any atom is -0.522 e. The summed E-state index contributed by atoms with van der Waals surface area (Å²) in [6.45, 7) is 23.7. The van der Waals surface area contributed by atoms with Gasteiger partial charge in [0, 0.05) is 16.1 Å². The molecule has 0 heterocycles. The van der Waals surface area contributed by atoms with Gasteiger partial charge in [0.1, 0.15) is 0 Å². The van der Waals surface area contributed by atoms with E-state index in [4.69, 9.17) is 13.2 Å². The van der Waals surface area contributed by atoms with Gasteiger partial charge in [-0.1, -0.05) is 39.3 Å². The summed E-state index contributed by atoms with van der Waals surface area (Å²) < 4.78 is 0. The number of rotatable bonds is 2. The zero-order chi connectivity index (χ0) is 10.4. The average Bonchev–Trinajstić information content (AvgIpc) is 1.86. The molecule has 0 atom stereocenters. The predicted octanol–water partition coefficient (Wildman–Crippen LogP) is 0.707. The molecule has 0 aromatic rings. The molecule has 0 saturated heterocycles. The molecule has 0 amide bonds. The van der Waals surface area contributed by atoms with Crippen LogP contribution < -0.4 is 18.9 Å². The van der Waals surface area contributed by atoms with E-state index < -0.39 is 16.1 Å². The molecule has 0 N–H and O–H groups in total. The molecule has 0 fully saturated rings. The maximum atomic E-state index is 5.24. The Kier molecular flexibility index (Phi) is 18.3. The first kappa shape index (κ1) is 24.3. The topological polar surface area (TPSA) is 0 Å². The molecule has 0 rings (SSSR count). The van der Waals surface area contributed by atoms with Crippen molar-refractivity contribution in [2.75, 3.05) is 0 Å². The van der Waals surface area contributed by atoms with E-state index in [9.17, 15) is 0 Å². The van der Waals surface area contributed by atoms with E-state index in [1.165, 1.54) is 0 Å². The van der Waals surface area contributed by atoms with Crippen LogP contribution in [0, 0.1) is 13.2 Å². The molecule has 0 aromatic carbocycles. The molecule has 82 valence electrons. The van der Waals surface area contributed by atoms with Gasteiger partial charge in [-0.05, 0) is 0 Å². The number of hydrogen-bond donors (Lipinski definition) is 0. The van der Waals surface area contributed by atoms with Crippen LogP contribution in [-0.2, 0) is 17.1 Å². The molecule has 0 radical (unpaired) electrons. The van der Waals surface area contributed by atoms with Crippen LogP contribution in [0.3, 0.4) is 0 Å². The Morgan fingerprint density at radius 2 is 0.786 bits per heavy atom. The molecule has 14 heavy (non-hydrogen) atoms. The van der Waals surface area contributed by atoms with E-state index in [0.717, 1.165) is 0 Å². The predicted molar refractivity (Wildman–Crippen MR) is 64.4 cm³/mol. The Labute approximate surface area is 115 Å². The zero-order valence-corrected chi connectivity index (χ0v) is 13.6. The van der Waals surface area contributed by atoms with Gasteiger partial charge in [-0.3, -0.25) is 11.4 Å². The van der Waals surface area contributed by atoms with Gasteiger partial charge in [0.2, 0.25) is 0 Å². The van der Waals surface area contributed by atoms with Gasteiger partial charge in [0.25, 0.3) is 0 Å². The van der Waals surface area contributed by atoms with Crippen LogP contribution in [0.2, 0.25) is 39.3 Å². The Hall–Kier alpha value is 1.03. The Morgan fingerprint density at radius 1 is 0.714 bits per heavy atom. The van der Waals surface area contributed by atoms with Gasteiger partial charge in [0.05, 0.1) is 0 Å². The van der Waals surface area contributed by atoms with Crippen molar-refractivity contribution < 1.29 is 35.9 Å². The minimum absolute atomic E-state index is 0. The van der Waals surface area contributed by atoms with Crippen molar-refractivity contribution in [3.8, 4) is 0 Å². The quantitative estimate of drug-likeness (QED) is 0.511. The SMILES string of the molecule is [CH-]=C[Si](C)(C)C.[CH-]=C[Si](C)(C)C.[Cu+].[Li+]. The molecular weight excluding hydrogens is 247 g/mol. The molecule has 0 saturated carbocycles. The van der Waals surface area contributed by atoms with Crippen LogP contribution in [0.4, 0.5) is 0 Å². The van der Waals surface area contributed by atoms with Crippen molar-refractivity contribution in [1.29, 1.82) is 0 Å². The molecule has 0 spiro atoms. The van der Waals surface area contributed by atoms with Gasteiger partial charge in [0.15, 0.2) is 0 Å². The second kappa shape index (κ2) is 10.5. The van der Waals surface area contributed by atoms with Crippen LogP contribution in [0.5, 0.6) is 0 Å². The third-order valence-electron chi connectivity index (χ3n) is 1.00. The number of hydrogen-bond acceptors (Lipinski definition) is 0. The standard InChI is InChI=1S/2C5H11Si.Cu.Li/c2*1-5-6(2,3)4;;/h2*1,5H,2-4H3;;/q2*-1;2*+1. The zero-order valence-electron chi connectivity index (χ0n) is 10.6. The summed E-state index contributed by atoms with van der Waals surface area (Å²) in [6.07, 6.45) is 0. The van der Waals surface area contributed by atoms with Crippen molar-refractivity contribution in [1.82, 2.24) is 0 Å². The molecule has 4 heteroatoms. The summed E-state index contributed by atoms with van der Waals surface area (Å²) in [6, 6.07) is 0. The average molecular weight is 269 g/mol. The monoisotopic (exact) mass is 268 g/mol. The van der Waals surface area contributed by atoms with Crippen LogP contribution in [0.15, 0.2) is 11.4 Å². The van der Waals surface area contributed by atoms with E-state index in [-0.39, 0.29) is 35.9 Å². The van der Waals surface area contributed by atoms with E-state index in [1.807, 2.05) is 11.4 Å². The van der Waals surface area contributed by atoms with E-state index in [0.29, 0.717) is 0 Å². The summed E-state index contributed by atoms with van der Waals surface area (Å²) >= 11 is 0. The summed E-state index contributed by atoms with van der Waals surface area (Å²) in [7, 11) is -1.96. The van der Waals surface area contributed by atoms with Crippen LogP contribution in [0.25, 0.3) is 0 Å². The van der Waals surface area contributed by atoms with Crippen molar-refractivity contribution in [3.05, 3.63) is 24.6 Å². The van der Waals surface area contributed by atoms with Gasteiger partial charge in [-0.25, -0.2) is 0 Å². The van der Waals surface area contributed by atoms with Crippen molar-refractivity contribution in [2.45, 2.75) is 39.3 Å². The fraction of sp³-hybridized carbons (Fsp3) is 0.600. The Balaban J connectivity index is -0.0000000625. The third kappa shape index (κ3) is 38.2. The third-order valence-corrected chi connectivity index (χ3v) is 3.00. The van der Waals surface area contributed by atoms with Gasteiger partial charge in [-0.15, -0.1) is 0 Å². The molecular formula is C10H22CuLiSi2. The Bertz CT molecular complexity index is 127. The fourth-order valence-electron chi connectivity index (χ4n) is 0. The smallest absolute Gasteiger partial charge is 0.522 e. The second-order valence-electron chi connectivity index (χ2n) is 5.07. The molecule has 0 aromatic heterocycles. The molecule has 0 bridgehead atoms. The first-order valence-corrected chi connectivity index (χ1v) is 11.4. The van der Waals surface area contributed by atoms with Gasteiger partial charge >= 0.3 is 35.9 Å². The Morgan fingerprint density at radius 3 is 0.786 bits per heavy atom. The molecule has 0 nitrogen and oxygen atoms in total. The summed E-state index contributed by atoms with van der Waals surface area (Å²) in [5.74, 6) is 0. The summed E-state index contributed by atoms with van der Waals surface area (Å²) in [4.78, 5) is 0. The maximum absolute atomic E-state index is 5.24. The second-order valence-corrected chi connectivity index (χ2v) is 15.2. The normalized spacial score (nSPS) is 9.57. The molecule has 0 unspecified atom stereocenters. The van der Waals surface area contributed by atoms with Crippen molar-refractivity contribution >= 4 is 16.1 Å². The van der Waals surface area contributed by atoms with E-state index in [1.54, 1.807) is 0 Å². The molecule has 0 aliphatic rings. The van der Waals surface area contributed by atoms with Crippen LogP contribution in [-0.4, -0.2) is 16.1 Å². The first-order valence-electron chi connectivity index (χ1n) is 4.24. The van der Waals surface area contributed by atoms with E-state index in [2.05, 4.69) is 39.3 Å².